The van der Waals surface area contributed by atoms with Gasteiger partial charge in [-0.3, -0.25) is 19.3 Å². The third-order valence-electron chi connectivity index (χ3n) is 12.0. The van der Waals surface area contributed by atoms with E-state index in [4.69, 9.17) is 11.6 Å². The van der Waals surface area contributed by atoms with Gasteiger partial charge in [0.1, 0.15) is 18.1 Å². The number of benzene rings is 3. The number of carbonyl (C=O) groups excluding carboxylic acids is 3. The van der Waals surface area contributed by atoms with E-state index in [0.29, 0.717) is 17.9 Å². The number of nitrogens with zero attached hydrogens (tertiary/aromatic N) is 5. The van der Waals surface area contributed by atoms with Crippen molar-refractivity contribution in [2.75, 3.05) is 64.4 Å². The average molecular weight is 804 g/mol. The first-order chi connectivity index (χ1) is 27.0. The molecule has 1 atom stereocenters. The smallest absolute Gasteiger partial charge is 0.250 e. The van der Waals surface area contributed by atoms with E-state index in [2.05, 4.69) is 31.8 Å². The van der Waals surface area contributed by atoms with Crippen molar-refractivity contribution in [2.24, 2.45) is 0 Å². The summed E-state index contributed by atoms with van der Waals surface area (Å²) in [5, 5.41) is 3.69. The van der Waals surface area contributed by atoms with Gasteiger partial charge in [-0.1, -0.05) is 73.3 Å². The number of carbonyl (C=O) groups is 3. The lowest BCUT2D eigenvalue weighted by Gasteiger charge is -2.44. The quantitative estimate of drug-likeness (QED) is 0.281. The van der Waals surface area contributed by atoms with Crippen LogP contribution in [0.4, 0.5) is 5.69 Å². The summed E-state index contributed by atoms with van der Waals surface area (Å²) >= 11 is 6.16. The molecule has 300 valence electrons. The highest BCUT2D eigenvalue weighted by Crippen LogP contribution is 2.39. The Bertz CT molecular complexity index is 1930. The molecule has 12 nitrogen and oxygen atoms in total. The first-order valence-corrected chi connectivity index (χ1v) is 21.8. The lowest BCUT2D eigenvalue weighted by molar-refractivity contribution is -0.140. The van der Waals surface area contributed by atoms with Gasteiger partial charge >= 0.3 is 0 Å². The van der Waals surface area contributed by atoms with E-state index in [1.165, 1.54) is 6.42 Å². The van der Waals surface area contributed by atoms with E-state index in [1.54, 1.807) is 46.2 Å². The molecule has 0 aromatic heterocycles. The Morgan fingerprint density at radius 2 is 1.48 bits per heavy atom. The highest BCUT2D eigenvalue weighted by Gasteiger charge is 2.54. The number of amides is 3. The van der Waals surface area contributed by atoms with Crippen molar-refractivity contribution >= 4 is 45.0 Å². The number of hydrogen-bond donors (Lipinski definition) is 2. The third-order valence-corrected chi connectivity index (χ3v) is 13.7. The second-order valence-electron chi connectivity index (χ2n) is 15.9. The van der Waals surface area contributed by atoms with Gasteiger partial charge in [-0.25, -0.2) is 8.42 Å². The maximum atomic E-state index is 14.4. The molecule has 3 saturated heterocycles. The molecular weight excluding hydrogens is 750 g/mol. The van der Waals surface area contributed by atoms with E-state index in [1.807, 2.05) is 42.5 Å². The Morgan fingerprint density at radius 1 is 0.839 bits per heavy atom. The lowest BCUT2D eigenvalue weighted by atomic mass is 9.85. The van der Waals surface area contributed by atoms with Gasteiger partial charge in [-0.05, 0) is 86.7 Å². The molecule has 14 heteroatoms. The zero-order valence-corrected chi connectivity index (χ0v) is 33.8. The number of anilines is 1. The largest absolute Gasteiger partial charge is 0.352 e. The van der Waals surface area contributed by atoms with Gasteiger partial charge in [0.05, 0.1) is 11.6 Å². The molecule has 2 N–H and O–H groups in total. The zero-order valence-electron chi connectivity index (χ0n) is 32.2. The van der Waals surface area contributed by atoms with Crippen molar-refractivity contribution in [1.29, 1.82) is 0 Å². The van der Waals surface area contributed by atoms with Crippen LogP contribution in [-0.4, -0.2) is 123 Å². The molecule has 1 spiro atoms. The Kier molecular flexibility index (Phi) is 12.7. The van der Waals surface area contributed by atoms with Gasteiger partial charge in [-0.2, -0.15) is 4.72 Å². The van der Waals surface area contributed by atoms with Crippen LogP contribution in [0.2, 0.25) is 5.02 Å². The maximum absolute atomic E-state index is 14.4. The fraction of sp³-hybridized carbons (Fsp3) is 0.500. The molecule has 0 unspecified atom stereocenters. The van der Waals surface area contributed by atoms with Crippen molar-refractivity contribution in [3.8, 4) is 0 Å². The summed E-state index contributed by atoms with van der Waals surface area (Å²) in [4.78, 5) is 52.1. The number of hydrogen-bond acceptors (Lipinski definition) is 8. The van der Waals surface area contributed by atoms with Crippen molar-refractivity contribution in [2.45, 2.75) is 80.4 Å². The highest BCUT2D eigenvalue weighted by atomic mass is 35.5. The first-order valence-electron chi connectivity index (χ1n) is 20.0. The van der Waals surface area contributed by atoms with Crippen LogP contribution < -0.4 is 14.9 Å². The Labute approximate surface area is 336 Å². The number of nitrogens with one attached hydrogen (secondary N) is 2. The minimum Gasteiger partial charge on any atom is -0.352 e. The molecule has 3 heterocycles. The van der Waals surface area contributed by atoms with Crippen molar-refractivity contribution in [3.05, 3.63) is 95.0 Å². The second-order valence-corrected chi connectivity index (χ2v) is 18.0. The average Bonchev–Trinajstić information content (AvgIpc) is 3.46. The molecule has 3 aromatic rings. The molecule has 0 bridgehead atoms. The van der Waals surface area contributed by atoms with Crippen LogP contribution >= 0.6 is 11.6 Å². The van der Waals surface area contributed by atoms with Gasteiger partial charge in [0.2, 0.25) is 21.8 Å². The fourth-order valence-electron chi connectivity index (χ4n) is 8.66. The highest BCUT2D eigenvalue weighted by molar-refractivity contribution is 7.89. The van der Waals surface area contributed by atoms with Crippen molar-refractivity contribution < 1.29 is 22.8 Å². The molecule has 3 aromatic carbocycles. The van der Waals surface area contributed by atoms with Crippen molar-refractivity contribution in [3.63, 3.8) is 0 Å². The summed E-state index contributed by atoms with van der Waals surface area (Å²) in [6, 6.07) is 22.7. The lowest BCUT2D eigenvalue weighted by Crippen LogP contribution is -2.59. The molecule has 4 aliphatic rings. The zero-order chi connectivity index (χ0) is 39.3. The second kappa shape index (κ2) is 17.6. The molecule has 0 radical (unpaired) electrons. The predicted octanol–water partition coefficient (Wildman–Crippen LogP) is 4.09. The maximum Gasteiger partial charge on any atom is 0.250 e. The third kappa shape index (κ3) is 9.40. The number of piperidine rings is 1. The van der Waals surface area contributed by atoms with Crippen LogP contribution in [0.25, 0.3) is 0 Å². The molecule has 1 aliphatic carbocycles. The molecule has 3 amide bonds. The minimum atomic E-state index is -4.08. The van der Waals surface area contributed by atoms with Gasteiger partial charge < -0.3 is 24.9 Å². The molecule has 56 heavy (non-hydrogen) atoms. The van der Waals surface area contributed by atoms with Crippen LogP contribution in [0, 0.1) is 0 Å². The van der Waals surface area contributed by atoms with Gasteiger partial charge in [0.15, 0.2) is 0 Å². The molecular formula is C42H54ClN7O5S. The number of likely N-dealkylation sites (tertiary alicyclic amines) is 1. The van der Waals surface area contributed by atoms with Crippen LogP contribution in [0.1, 0.15) is 56.1 Å². The van der Waals surface area contributed by atoms with Crippen LogP contribution in [0.3, 0.4) is 0 Å². The van der Waals surface area contributed by atoms with Crippen molar-refractivity contribution in [1.82, 2.24) is 29.6 Å². The normalized spacial score (nSPS) is 20.4. The van der Waals surface area contributed by atoms with Gasteiger partial charge in [0, 0.05) is 62.6 Å². The Morgan fingerprint density at radius 3 is 2.14 bits per heavy atom. The predicted molar refractivity (Wildman–Crippen MR) is 218 cm³/mol. The molecule has 7 rings (SSSR count). The molecule has 4 fully saturated rings. The SMILES string of the molecule is CN1CCN(Cc2ccc(S(=O)(=O)N[C@H](Cc3ccc(Cl)cc3)C(=O)N3CCC4(CC3)C(=O)N(CC(=O)NC3CCCCC3)CN4c3ccccc3)cc2)CC1. The number of likely N-dealkylation sites (N-methyl/N-ethyl adjacent to an activating group) is 1. The minimum absolute atomic E-state index is 0.0230. The van der Waals surface area contributed by atoms with E-state index < -0.39 is 21.6 Å². The summed E-state index contributed by atoms with van der Waals surface area (Å²) in [5.41, 5.74) is 1.72. The molecule has 1 saturated carbocycles. The number of para-hydroxylation sites is 1. The summed E-state index contributed by atoms with van der Waals surface area (Å²) in [6.07, 6.45) is 6.09. The van der Waals surface area contributed by atoms with Gasteiger partial charge in [0.25, 0.3) is 5.91 Å². The number of rotatable bonds is 12. The van der Waals surface area contributed by atoms with Crippen LogP contribution in [0.5, 0.6) is 0 Å². The van der Waals surface area contributed by atoms with Crippen LogP contribution in [-0.2, 0) is 37.4 Å². The fourth-order valence-corrected chi connectivity index (χ4v) is 9.98. The number of piperazine rings is 1. The van der Waals surface area contributed by atoms with E-state index in [0.717, 1.165) is 75.2 Å². The summed E-state index contributed by atoms with van der Waals surface area (Å²) in [6.45, 7) is 5.38. The molecule has 3 aliphatic heterocycles. The topological polar surface area (TPSA) is 126 Å². The van der Waals surface area contributed by atoms with E-state index in [-0.39, 0.29) is 61.4 Å². The number of sulfonamides is 1. The summed E-state index contributed by atoms with van der Waals surface area (Å²) in [5.74, 6) is -0.628. The summed E-state index contributed by atoms with van der Waals surface area (Å²) < 4.78 is 30.5. The summed E-state index contributed by atoms with van der Waals surface area (Å²) in [7, 11) is -1.97. The van der Waals surface area contributed by atoms with Crippen LogP contribution in [0.15, 0.2) is 83.8 Å². The standard InChI is InChI=1S/C42H54ClN7O5S/c1-46-24-26-47(27-25-46)29-33-14-18-37(19-15-33)56(54,55)45-38(28-32-12-16-34(43)17-13-32)40(52)48-22-20-42(21-23-48)41(53)49(31-50(42)36-10-6-3-7-11-36)30-39(51)44-35-8-4-2-5-9-35/h3,6-7,10-19,35,38,45H,2,4-5,8-9,20-31H2,1H3,(H,44,51)/t38-/m1/s1. The van der Waals surface area contributed by atoms with E-state index >= 15 is 0 Å². The van der Waals surface area contributed by atoms with E-state index in [9.17, 15) is 22.8 Å². The van der Waals surface area contributed by atoms with Gasteiger partial charge in [-0.15, -0.1) is 0 Å². The number of halogens is 1. The first kappa shape index (κ1) is 40.2. The Balaban J connectivity index is 1.06. The Hall–Kier alpha value is -4.01. The monoisotopic (exact) mass is 803 g/mol.